The van der Waals surface area contributed by atoms with Crippen LogP contribution in [0.15, 0.2) is 54.9 Å². The summed E-state index contributed by atoms with van der Waals surface area (Å²) in [5.74, 6) is 0.525. The van der Waals surface area contributed by atoms with E-state index in [9.17, 15) is 0 Å². The molecule has 0 spiro atoms. The summed E-state index contributed by atoms with van der Waals surface area (Å²) in [5, 5.41) is 1.11. The van der Waals surface area contributed by atoms with Gasteiger partial charge in [-0.15, -0.1) is 0 Å². The number of hydrogen-bond donors (Lipinski definition) is 2. The Kier molecular flexibility index (Phi) is 3.31. The van der Waals surface area contributed by atoms with Crippen molar-refractivity contribution < 1.29 is 0 Å². The summed E-state index contributed by atoms with van der Waals surface area (Å²) >= 11 is 0. The zero-order chi connectivity index (χ0) is 13.9. The van der Waals surface area contributed by atoms with E-state index >= 15 is 0 Å². The van der Waals surface area contributed by atoms with Crippen LogP contribution in [-0.2, 0) is 6.42 Å². The molecule has 0 aliphatic carbocycles. The van der Waals surface area contributed by atoms with Crippen LogP contribution in [0, 0.1) is 0 Å². The average molecular weight is 264 g/mol. The topological polar surface area (TPSA) is 77.8 Å². The standard InChI is InChI=1S/C16H16N4/c17-14(8-11-5-7-20-16(18)9-11)12-3-4-15-13(10-12)2-1-6-19-15/h1-7,9-10,14H,8,17H2,(H2,18,20). The van der Waals surface area contributed by atoms with E-state index in [2.05, 4.69) is 16.0 Å². The molecule has 1 aromatic carbocycles. The van der Waals surface area contributed by atoms with Crippen molar-refractivity contribution >= 4 is 16.7 Å². The Labute approximate surface area is 117 Å². The van der Waals surface area contributed by atoms with Crippen molar-refractivity contribution in [3.8, 4) is 0 Å². The zero-order valence-corrected chi connectivity index (χ0v) is 11.0. The molecule has 0 fully saturated rings. The minimum absolute atomic E-state index is 0.0681. The molecule has 20 heavy (non-hydrogen) atoms. The van der Waals surface area contributed by atoms with Crippen LogP contribution in [0.1, 0.15) is 17.2 Å². The highest BCUT2D eigenvalue weighted by Crippen LogP contribution is 2.20. The van der Waals surface area contributed by atoms with Crippen LogP contribution >= 0.6 is 0 Å². The smallest absolute Gasteiger partial charge is 0.123 e. The van der Waals surface area contributed by atoms with E-state index in [1.54, 1.807) is 12.4 Å². The number of aromatic nitrogens is 2. The number of pyridine rings is 2. The van der Waals surface area contributed by atoms with Gasteiger partial charge in [-0.2, -0.15) is 0 Å². The van der Waals surface area contributed by atoms with Crippen LogP contribution in [0.5, 0.6) is 0 Å². The van der Waals surface area contributed by atoms with Gasteiger partial charge >= 0.3 is 0 Å². The monoisotopic (exact) mass is 264 g/mol. The third-order valence-electron chi connectivity index (χ3n) is 3.36. The second-order valence-electron chi connectivity index (χ2n) is 4.86. The molecule has 1 atom stereocenters. The number of benzene rings is 1. The van der Waals surface area contributed by atoms with Gasteiger partial charge in [-0.05, 0) is 47.9 Å². The maximum Gasteiger partial charge on any atom is 0.123 e. The van der Waals surface area contributed by atoms with Gasteiger partial charge in [0.1, 0.15) is 5.82 Å². The first kappa shape index (κ1) is 12.6. The van der Waals surface area contributed by atoms with Gasteiger partial charge in [0.15, 0.2) is 0 Å². The van der Waals surface area contributed by atoms with Crippen molar-refractivity contribution in [3.63, 3.8) is 0 Å². The lowest BCUT2D eigenvalue weighted by atomic mass is 9.99. The molecule has 0 saturated heterocycles. The Morgan fingerprint density at radius 2 is 1.90 bits per heavy atom. The predicted octanol–water partition coefficient (Wildman–Crippen LogP) is 2.45. The molecule has 1 unspecified atom stereocenters. The highest BCUT2D eigenvalue weighted by atomic mass is 14.8. The van der Waals surface area contributed by atoms with E-state index in [0.717, 1.165) is 28.5 Å². The van der Waals surface area contributed by atoms with Gasteiger partial charge in [-0.3, -0.25) is 4.98 Å². The van der Waals surface area contributed by atoms with E-state index in [1.165, 1.54) is 0 Å². The Bertz CT molecular complexity index is 739. The predicted molar refractivity (Wildman–Crippen MR) is 81.0 cm³/mol. The second kappa shape index (κ2) is 5.27. The number of hydrogen-bond acceptors (Lipinski definition) is 4. The average Bonchev–Trinajstić information content (AvgIpc) is 2.47. The third-order valence-corrected chi connectivity index (χ3v) is 3.36. The normalized spacial score (nSPS) is 12.4. The molecule has 0 saturated carbocycles. The quantitative estimate of drug-likeness (QED) is 0.761. The molecule has 3 aromatic rings. The summed E-state index contributed by atoms with van der Waals surface area (Å²) in [5.41, 5.74) is 15.1. The number of rotatable bonds is 3. The Balaban J connectivity index is 1.86. The van der Waals surface area contributed by atoms with Crippen LogP contribution < -0.4 is 11.5 Å². The lowest BCUT2D eigenvalue weighted by Crippen LogP contribution is -2.13. The molecular formula is C16H16N4. The first-order valence-corrected chi connectivity index (χ1v) is 6.53. The van der Waals surface area contributed by atoms with E-state index < -0.39 is 0 Å². The molecule has 0 aliphatic heterocycles. The van der Waals surface area contributed by atoms with Gasteiger partial charge in [-0.1, -0.05) is 12.1 Å². The SMILES string of the molecule is Nc1cc(CC(N)c2ccc3ncccc3c2)ccn1. The van der Waals surface area contributed by atoms with E-state index in [1.807, 2.05) is 36.4 Å². The van der Waals surface area contributed by atoms with E-state index in [4.69, 9.17) is 11.5 Å². The first-order valence-electron chi connectivity index (χ1n) is 6.53. The highest BCUT2D eigenvalue weighted by Gasteiger charge is 2.08. The molecule has 4 nitrogen and oxygen atoms in total. The fraction of sp³-hybridized carbons (Fsp3) is 0.125. The van der Waals surface area contributed by atoms with Crippen LogP contribution in [-0.4, -0.2) is 9.97 Å². The molecule has 0 amide bonds. The molecule has 0 radical (unpaired) electrons. The van der Waals surface area contributed by atoms with Crippen molar-refractivity contribution in [3.05, 3.63) is 66.0 Å². The van der Waals surface area contributed by atoms with Crippen molar-refractivity contribution in [2.75, 3.05) is 5.73 Å². The molecule has 0 bridgehead atoms. The first-order chi connectivity index (χ1) is 9.72. The summed E-state index contributed by atoms with van der Waals surface area (Å²) in [6.07, 6.45) is 4.24. The van der Waals surface area contributed by atoms with Gasteiger partial charge in [0, 0.05) is 23.8 Å². The molecule has 4 N–H and O–H groups in total. The van der Waals surface area contributed by atoms with Gasteiger partial charge < -0.3 is 11.5 Å². The molecule has 2 heterocycles. The van der Waals surface area contributed by atoms with Gasteiger partial charge in [-0.25, -0.2) is 4.98 Å². The van der Waals surface area contributed by atoms with Crippen molar-refractivity contribution in [2.24, 2.45) is 5.73 Å². The second-order valence-corrected chi connectivity index (χ2v) is 4.86. The minimum Gasteiger partial charge on any atom is -0.384 e. The maximum atomic E-state index is 6.29. The van der Waals surface area contributed by atoms with Crippen molar-refractivity contribution in [1.82, 2.24) is 9.97 Å². The minimum atomic E-state index is -0.0681. The Hall–Kier alpha value is -2.46. The van der Waals surface area contributed by atoms with Gasteiger partial charge in [0.25, 0.3) is 0 Å². The summed E-state index contributed by atoms with van der Waals surface area (Å²) in [4.78, 5) is 8.30. The molecular weight excluding hydrogens is 248 g/mol. The maximum absolute atomic E-state index is 6.29. The lowest BCUT2D eigenvalue weighted by Gasteiger charge is -2.13. The summed E-state index contributed by atoms with van der Waals surface area (Å²) in [6.45, 7) is 0. The number of fused-ring (bicyclic) bond motifs is 1. The Morgan fingerprint density at radius 3 is 2.75 bits per heavy atom. The molecule has 3 rings (SSSR count). The summed E-state index contributed by atoms with van der Waals surface area (Å²) in [7, 11) is 0. The number of nitrogen functional groups attached to an aromatic ring is 1. The van der Waals surface area contributed by atoms with Crippen LogP contribution in [0.2, 0.25) is 0 Å². The lowest BCUT2D eigenvalue weighted by molar-refractivity contribution is 0.722. The van der Waals surface area contributed by atoms with E-state index in [0.29, 0.717) is 5.82 Å². The third kappa shape index (κ3) is 2.60. The fourth-order valence-electron chi connectivity index (χ4n) is 2.32. The molecule has 0 aliphatic rings. The van der Waals surface area contributed by atoms with Crippen molar-refractivity contribution in [2.45, 2.75) is 12.5 Å². The van der Waals surface area contributed by atoms with E-state index in [-0.39, 0.29) is 6.04 Å². The molecule has 4 heteroatoms. The largest absolute Gasteiger partial charge is 0.384 e. The number of nitrogens with two attached hydrogens (primary N) is 2. The highest BCUT2D eigenvalue weighted by molar-refractivity contribution is 5.79. The van der Waals surface area contributed by atoms with Crippen LogP contribution in [0.25, 0.3) is 10.9 Å². The van der Waals surface area contributed by atoms with Gasteiger partial charge in [0.05, 0.1) is 5.52 Å². The molecule has 2 aromatic heterocycles. The summed E-state index contributed by atoms with van der Waals surface area (Å²) in [6, 6.07) is 13.8. The number of anilines is 1. The van der Waals surface area contributed by atoms with Crippen LogP contribution in [0.3, 0.4) is 0 Å². The summed E-state index contributed by atoms with van der Waals surface area (Å²) < 4.78 is 0. The Morgan fingerprint density at radius 1 is 1.00 bits per heavy atom. The molecule has 100 valence electrons. The number of nitrogens with zero attached hydrogens (tertiary/aromatic N) is 2. The van der Waals surface area contributed by atoms with Crippen LogP contribution in [0.4, 0.5) is 5.82 Å². The zero-order valence-electron chi connectivity index (χ0n) is 11.0. The van der Waals surface area contributed by atoms with Gasteiger partial charge in [0.2, 0.25) is 0 Å². The fourth-order valence-corrected chi connectivity index (χ4v) is 2.32. The van der Waals surface area contributed by atoms with Crippen molar-refractivity contribution in [1.29, 1.82) is 0 Å².